The molecule has 76 valence electrons. The SMILES string of the molecule is CSc1nnc(-c2ccccc2)nc1N. The van der Waals surface area contributed by atoms with Gasteiger partial charge in [-0.25, -0.2) is 4.98 Å². The molecule has 0 aliphatic rings. The number of rotatable bonds is 2. The van der Waals surface area contributed by atoms with Crippen LogP contribution < -0.4 is 5.73 Å². The molecular weight excluding hydrogens is 208 g/mol. The number of anilines is 1. The molecule has 2 aromatic rings. The quantitative estimate of drug-likeness (QED) is 0.779. The highest BCUT2D eigenvalue weighted by molar-refractivity contribution is 7.98. The van der Waals surface area contributed by atoms with Gasteiger partial charge in [-0.3, -0.25) is 0 Å². The molecule has 0 saturated carbocycles. The van der Waals surface area contributed by atoms with E-state index in [0.29, 0.717) is 16.7 Å². The lowest BCUT2D eigenvalue weighted by molar-refractivity contribution is 0.898. The summed E-state index contributed by atoms with van der Waals surface area (Å²) in [5.74, 6) is 0.988. The second kappa shape index (κ2) is 4.27. The number of hydrogen-bond acceptors (Lipinski definition) is 5. The Labute approximate surface area is 91.9 Å². The third-order valence-corrected chi connectivity index (χ3v) is 2.58. The lowest BCUT2D eigenvalue weighted by Crippen LogP contribution is -2.01. The highest BCUT2D eigenvalue weighted by Gasteiger charge is 2.06. The summed E-state index contributed by atoms with van der Waals surface area (Å²) in [6.45, 7) is 0. The fourth-order valence-corrected chi connectivity index (χ4v) is 1.56. The molecule has 4 nitrogen and oxygen atoms in total. The second-order valence-corrected chi connectivity index (χ2v) is 3.69. The minimum atomic E-state index is 0.427. The van der Waals surface area contributed by atoms with E-state index < -0.39 is 0 Å². The molecule has 0 bridgehead atoms. The predicted octanol–water partition coefficient (Wildman–Crippen LogP) is 1.84. The van der Waals surface area contributed by atoms with E-state index in [0.717, 1.165) is 5.56 Å². The third-order valence-electron chi connectivity index (χ3n) is 1.91. The van der Waals surface area contributed by atoms with Crippen molar-refractivity contribution in [2.75, 3.05) is 12.0 Å². The van der Waals surface area contributed by atoms with Gasteiger partial charge in [0.15, 0.2) is 16.7 Å². The van der Waals surface area contributed by atoms with Crippen LogP contribution in [0.1, 0.15) is 0 Å². The Balaban J connectivity index is 2.43. The van der Waals surface area contributed by atoms with E-state index in [9.17, 15) is 0 Å². The van der Waals surface area contributed by atoms with Crippen LogP contribution in [0.2, 0.25) is 0 Å². The van der Waals surface area contributed by atoms with Crippen molar-refractivity contribution in [2.24, 2.45) is 0 Å². The van der Waals surface area contributed by atoms with E-state index in [-0.39, 0.29) is 0 Å². The van der Waals surface area contributed by atoms with E-state index in [1.54, 1.807) is 0 Å². The molecule has 15 heavy (non-hydrogen) atoms. The largest absolute Gasteiger partial charge is 0.381 e. The van der Waals surface area contributed by atoms with Gasteiger partial charge in [0, 0.05) is 5.56 Å². The van der Waals surface area contributed by atoms with Crippen LogP contribution in [0.5, 0.6) is 0 Å². The summed E-state index contributed by atoms with van der Waals surface area (Å²) in [7, 11) is 0. The molecule has 1 aromatic heterocycles. The Morgan fingerprint density at radius 3 is 2.47 bits per heavy atom. The van der Waals surface area contributed by atoms with Gasteiger partial charge in [0.2, 0.25) is 0 Å². The first kappa shape index (κ1) is 9.92. The summed E-state index contributed by atoms with van der Waals surface area (Å²) in [6, 6.07) is 9.65. The van der Waals surface area contributed by atoms with Crippen molar-refractivity contribution in [3.8, 4) is 11.4 Å². The van der Waals surface area contributed by atoms with Crippen molar-refractivity contribution in [3.05, 3.63) is 30.3 Å². The average molecular weight is 218 g/mol. The van der Waals surface area contributed by atoms with Gasteiger partial charge in [-0.05, 0) is 6.26 Å². The van der Waals surface area contributed by atoms with Gasteiger partial charge in [0.25, 0.3) is 0 Å². The zero-order chi connectivity index (χ0) is 10.7. The maximum absolute atomic E-state index is 5.73. The number of nitrogens with two attached hydrogens (primary N) is 1. The molecule has 0 amide bonds. The Morgan fingerprint density at radius 2 is 1.87 bits per heavy atom. The highest BCUT2D eigenvalue weighted by atomic mass is 32.2. The molecule has 0 aliphatic carbocycles. The molecule has 0 aliphatic heterocycles. The molecule has 5 heteroatoms. The first-order valence-electron chi connectivity index (χ1n) is 4.41. The van der Waals surface area contributed by atoms with Gasteiger partial charge in [0.1, 0.15) is 0 Å². The van der Waals surface area contributed by atoms with Crippen LogP contribution >= 0.6 is 11.8 Å². The summed E-state index contributed by atoms with van der Waals surface area (Å²) in [5.41, 5.74) is 6.66. The molecule has 1 aromatic carbocycles. The van der Waals surface area contributed by atoms with Crippen LogP contribution in [0.15, 0.2) is 35.4 Å². The normalized spacial score (nSPS) is 10.2. The Hall–Kier alpha value is -1.62. The first-order chi connectivity index (χ1) is 7.31. The van der Waals surface area contributed by atoms with Crippen molar-refractivity contribution < 1.29 is 0 Å². The minimum absolute atomic E-state index is 0.427. The number of aromatic nitrogens is 3. The van der Waals surface area contributed by atoms with Crippen LogP contribution in [-0.2, 0) is 0 Å². The standard InChI is InChI=1S/C10H10N4S/c1-15-10-8(11)12-9(13-14-10)7-5-3-2-4-6-7/h2-6H,1H3,(H2,11,12,13). The molecule has 0 spiro atoms. The molecule has 0 saturated heterocycles. The zero-order valence-electron chi connectivity index (χ0n) is 8.21. The van der Waals surface area contributed by atoms with Crippen molar-refractivity contribution in [2.45, 2.75) is 5.03 Å². The smallest absolute Gasteiger partial charge is 0.183 e. The highest BCUT2D eigenvalue weighted by Crippen LogP contribution is 2.20. The number of nitrogens with zero attached hydrogens (tertiary/aromatic N) is 3. The monoisotopic (exact) mass is 218 g/mol. The van der Waals surface area contributed by atoms with Gasteiger partial charge >= 0.3 is 0 Å². The van der Waals surface area contributed by atoms with Crippen LogP contribution in [0.4, 0.5) is 5.82 Å². The van der Waals surface area contributed by atoms with Crippen molar-refractivity contribution in [1.29, 1.82) is 0 Å². The Bertz CT molecular complexity index is 458. The maximum atomic E-state index is 5.73. The van der Waals surface area contributed by atoms with Gasteiger partial charge in [0.05, 0.1) is 0 Å². The summed E-state index contributed by atoms with van der Waals surface area (Å²) >= 11 is 1.44. The summed E-state index contributed by atoms with van der Waals surface area (Å²) in [4.78, 5) is 4.20. The average Bonchev–Trinajstić information content (AvgIpc) is 2.30. The molecule has 0 radical (unpaired) electrons. The van der Waals surface area contributed by atoms with Crippen LogP contribution in [-0.4, -0.2) is 21.4 Å². The molecule has 0 unspecified atom stereocenters. The number of benzene rings is 1. The number of hydrogen-bond donors (Lipinski definition) is 1. The first-order valence-corrected chi connectivity index (χ1v) is 5.63. The summed E-state index contributed by atoms with van der Waals surface area (Å²) in [5, 5.41) is 8.68. The summed E-state index contributed by atoms with van der Waals surface area (Å²) in [6.07, 6.45) is 1.89. The van der Waals surface area contributed by atoms with E-state index in [1.807, 2.05) is 36.6 Å². The Kier molecular flexibility index (Phi) is 2.82. The van der Waals surface area contributed by atoms with Gasteiger partial charge in [-0.15, -0.1) is 22.0 Å². The molecule has 2 rings (SSSR count). The van der Waals surface area contributed by atoms with Crippen LogP contribution in [0.25, 0.3) is 11.4 Å². The second-order valence-electron chi connectivity index (χ2n) is 2.90. The van der Waals surface area contributed by atoms with E-state index in [1.165, 1.54) is 11.8 Å². The van der Waals surface area contributed by atoms with E-state index >= 15 is 0 Å². The predicted molar refractivity (Wildman–Crippen MR) is 61.5 cm³/mol. The van der Waals surface area contributed by atoms with Gasteiger partial charge in [-0.1, -0.05) is 30.3 Å². The van der Waals surface area contributed by atoms with E-state index in [2.05, 4.69) is 15.2 Å². The molecule has 0 atom stereocenters. The van der Waals surface area contributed by atoms with Crippen molar-refractivity contribution in [1.82, 2.24) is 15.2 Å². The maximum Gasteiger partial charge on any atom is 0.183 e. The van der Waals surface area contributed by atoms with E-state index in [4.69, 9.17) is 5.73 Å². The van der Waals surface area contributed by atoms with Crippen molar-refractivity contribution >= 4 is 17.6 Å². The van der Waals surface area contributed by atoms with Crippen molar-refractivity contribution in [3.63, 3.8) is 0 Å². The lowest BCUT2D eigenvalue weighted by atomic mass is 10.2. The number of nitrogen functional groups attached to an aromatic ring is 1. The zero-order valence-corrected chi connectivity index (χ0v) is 9.03. The topological polar surface area (TPSA) is 64.7 Å². The third kappa shape index (κ3) is 2.07. The van der Waals surface area contributed by atoms with Crippen LogP contribution in [0.3, 0.4) is 0 Å². The molecule has 0 fully saturated rings. The van der Waals surface area contributed by atoms with Gasteiger partial charge in [-0.2, -0.15) is 0 Å². The van der Waals surface area contributed by atoms with Crippen LogP contribution in [0, 0.1) is 0 Å². The number of thioether (sulfide) groups is 1. The molecular formula is C10H10N4S. The fraction of sp³-hybridized carbons (Fsp3) is 0.100. The van der Waals surface area contributed by atoms with Gasteiger partial charge < -0.3 is 5.73 Å². The molecule has 2 N–H and O–H groups in total. The lowest BCUT2D eigenvalue weighted by Gasteiger charge is -2.02. The Morgan fingerprint density at radius 1 is 1.13 bits per heavy atom. The summed E-state index contributed by atoms with van der Waals surface area (Å²) < 4.78 is 0. The molecule has 1 heterocycles. The fourth-order valence-electron chi connectivity index (χ4n) is 1.18. The minimum Gasteiger partial charge on any atom is -0.381 e.